The van der Waals surface area contributed by atoms with Gasteiger partial charge < -0.3 is 4.98 Å². The summed E-state index contributed by atoms with van der Waals surface area (Å²) >= 11 is 6.17. The predicted octanol–water partition coefficient (Wildman–Crippen LogP) is 4.64. The molecule has 0 aliphatic rings. The first-order chi connectivity index (χ1) is 12.6. The van der Waals surface area contributed by atoms with E-state index in [9.17, 15) is 4.39 Å². The lowest BCUT2D eigenvalue weighted by molar-refractivity contribution is 0.569. The SMILES string of the molecule is Cc1cnc2[nH]cc(Cc3cc(Cc4ccncc4Cl)cnc3F)c2c1. The summed E-state index contributed by atoms with van der Waals surface area (Å²) in [6, 6.07) is 5.76. The summed E-state index contributed by atoms with van der Waals surface area (Å²) in [5, 5.41) is 1.60. The number of aryl methyl sites for hydroxylation is 1. The molecule has 0 aliphatic carbocycles. The molecule has 0 amide bonds. The number of rotatable bonds is 4. The van der Waals surface area contributed by atoms with E-state index in [0.717, 1.165) is 33.3 Å². The summed E-state index contributed by atoms with van der Waals surface area (Å²) in [6.45, 7) is 1.99. The molecule has 0 aliphatic heterocycles. The van der Waals surface area contributed by atoms with Crippen molar-refractivity contribution in [3.05, 3.63) is 88.0 Å². The monoisotopic (exact) mass is 366 g/mol. The highest BCUT2D eigenvalue weighted by Gasteiger charge is 2.12. The summed E-state index contributed by atoms with van der Waals surface area (Å²) < 4.78 is 14.3. The van der Waals surface area contributed by atoms with E-state index in [1.165, 1.54) is 0 Å². The molecule has 4 aromatic rings. The fourth-order valence-corrected chi connectivity index (χ4v) is 3.23. The Morgan fingerprint density at radius 1 is 1.04 bits per heavy atom. The van der Waals surface area contributed by atoms with Crippen molar-refractivity contribution in [1.29, 1.82) is 0 Å². The molecule has 0 bridgehead atoms. The van der Waals surface area contributed by atoms with Gasteiger partial charge in [0.1, 0.15) is 5.65 Å². The zero-order valence-electron chi connectivity index (χ0n) is 14.1. The second-order valence-electron chi connectivity index (χ2n) is 6.34. The number of pyridine rings is 3. The van der Waals surface area contributed by atoms with Crippen molar-refractivity contribution in [2.75, 3.05) is 0 Å². The number of hydrogen-bond donors (Lipinski definition) is 1. The maximum Gasteiger partial charge on any atom is 0.216 e. The van der Waals surface area contributed by atoms with Crippen LogP contribution in [-0.2, 0) is 12.8 Å². The molecule has 0 aromatic carbocycles. The van der Waals surface area contributed by atoms with E-state index in [2.05, 4.69) is 26.0 Å². The molecular formula is C20H16ClFN4. The Labute approximate surface area is 155 Å². The van der Waals surface area contributed by atoms with E-state index in [1.54, 1.807) is 18.6 Å². The van der Waals surface area contributed by atoms with Crippen LogP contribution in [0.5, 0.6) is 0 Å². The van der Waals surface area contributed by atoms with E-state index >= 15 is 0 Å². The van der Waals surface area contributed by atoms with Crippen LogP contribution in [0, 0.1) is 12.9 Å². The molecule has 0 spiro atoms. The molecule has 0 radical (unpaired) electrons. The van der Waals surface area contributed by atoms with E-state index in [4.69, 9.17) is 11.6 Å². The fourth-order valence-electron chi connectivity index (χ4n) is 3.04. The van der Waals surface area contributed by atoms with E-state index in [1.807, 2.05) is 31.5 Å². The highest BCUT2D eigenvalue weighted by atomic mass is 35.5. The van der Waals surface area contributed by atoms with Crippen molar-refractivity contribution in [3.8, 4) is 0 Å². The first kappa shape index (κ1) is 16.7. The Morgan fingerprint density at radius 3 is 2.77 bits per heavy atom. The quantitative estimate of drug-likeness (QED) is 0.535. The maximum atomic E-state index is 14.3. The summed E-state index contributed by atoms with van der Waals surface area (Å²) in [5.74, 6) is -0.454. The van der Waals surface area contributed by atoms with Crippen molar-refractivity contribution in [3.63, 3.8) is 0 Å². The van der Waals surface area contributed by atoms with Crippen LogP contribution in [0.15, 0.2) is 49.2 Å². The van der Waals surface area contributed by atoms with Gasteiger partial charge in [-0.3, -0.25) is 4.98 Å². The van der Waals surface area contributed by atoms with Crippen LogP contribution in [0.4, 0.5) is 4.39 Å². The molecule has 130 valence electrons. The molecule has 4 rings (SSSR count). The number of fused-ring (bicyclic) bond motifs is 1. The second kappa shape index (κ2) is 6.84. The van der Waals surface area contributed by atoms with Crippen LogP contribution in [0.25, 0.3) is 11.0 Å². The van der Waals surface area contributed by atoms with Crippen LogP contribution in [0.1, 0.15) is 27.8 Å². The molecule has 4 nitrogen and oxygen atoms in total. The molecule has 6 heteroatoms. The van der Waals surface area contributed by atoms with Crippen LogP contribution in [0.3, 0.4) is 0 Å². The third-order valence-electron chi connectivity index (χ3n) is 4.35. The lowest BCUT2D eigenvalue weighted by Gasteiger charge is -2.07. The van der Waals surface area contributed by atoms with E-state index in [-0.39, 0.29) is 0 Å². The third kappa shape index (κ3) is 3.30. The number of H-pyrrole nitrogens is 1. The molecule has 0 saturated heterocycles. The van der Waals surface area contributed by atoms with Gasteiger partial charge in [0.25, 0.3) is 0 Å². The Kier molecular flexibility index (Phi) is 4.39. The highest BCUT2D eigenvalue weighted by molar-refractivity contribution is 6.31. The van der Waals surface area contributed by atoms with Crippen LogP contribution in [0.2, 0.25) is 5.02 Å². The molecule has 4 heterocycles. The van der Waals surface area contributed by atoms with Gasteiger partial charge in [-0.2, -0.15) is 4.39 Å². The molecule has 0 atom stereocenters. The minimum atomic E-state index is -0.454. The molecular weight excluding hydrogens is 351 g/mol. The third-order valence-corrected chi connectivity index (χ3v) is 4.69. The van der Waals surface area contributed by atoms with Crippen LogP contribution in [-0.4, -0.2) is 19.9 Å². The average molecular weight is 367 g/mol. The summed E-state index contributed by atoms with van der Waals surface area (Å²) in [6.07, 6.45) is 9.57. The number of aromatic amines is 1. The van der Waals surface area contributed by atoms with Crippen molar-refractivity contribution in [1.82, 2.24) is 19.9 Å². The Balaban J connectivity index is 1.66. The lowest BCUT2D eigenvalue weighted by Crippen LogP contribution is -1.99. The van der Waals surface area contributed by atoms with Crippen molar-refractivity contribution in [2.45, 2.75) is 19.8 Å². The van der Waals surface area contributed by atoms with Gasteiger partial charge >= 0.3 is 0 Å². The topological polar surface area (TPSA) is 54.5 Å². The number of halogens is 2. The van der Waals surface area contributed by atoms with Gasteiger partial charge in [0, 0.05) is 54.8 Å². The molecule has 26 heavy (non-hydrogen) atoms. The second-order valence-corrected chi connectivity index (χ2v) is 6.74. The summed E-state index contributed by atoms with van der Waals surface area (Å²) in [4.78, 5) is 15.4. The fraction of sp³-hybridized carbons (Fsp3) is 0.150. The molecule has 0 unspecified atom stereocenters. The van der Waals surface area contributed by atoms with E-state index < -0.39 is 5.95 Å². The summed E-state index contributed by atoms with van der Waals surface area (Å²) in [7, 11) is 0. The van der Waals surface area contributed by atoms with Gasteiger partial charge in [0.2, 0.25) is 5.95 Å². The first-order valence-electron chi connectivity index (χ1n) is 8.24. The maximum absolute atomic E-state index is 14.3. The Bertz CT molecular complexity index is 1090. The van der Waals surface area contributed by atoms with E-state index in [0.29, 0.717) is 23.4 Å². The zero-order chi connectivity index (χ0) is 18.1. The normalized spacial score (nSPS) is 11.2. The first-order valence-corrected chi connectivity index (χ1v) is 8.62. The number of nitrogens with one attached hydrogen (secondary N) is 1. The largest absolute Gasteiger partial charge is 0.346 e. The van der Waals surface area contributed by atoms with Gasteiger partial charge in [-0.15, -0.1) is 0 Å². The average Bonchev–Trinajstić information content (AvgIpc) is 3.02. The number of nitrogens with zero attached hydrogens (tertiary/aromatic N) is 3. The molecule has 4 aromatic heterocycles. The minimum absolute atomic E-state index is 0.446. The van der Waals surface area contributed by atoms with Crippen LogP contribution >= 0.6 is 11.6 Å². The van der Waals surface area contributed by atoms with Crippen molar-refractivity contribution in [2.24, 2.45) is 0 Å². The molecule has 1 N–H and O–H groups in total. The Hall–Kier alpha value is -2.79. The van der Waals surface area contributed by atoms with Crippen molar-refractivity contribution < 1.29 is 4.39 Å². The van der Waals surface area contributed by atoms with Crippen LogP contribution < -0.4 is 0 Å². The van der Waals surface area contributed by atoms with Gasteiger partial charge in [0.15, 0.2) is 0 Å². The van der Waals surface area contributed by atoms with Gasteiger partial charge in [-0.05, 0) is 47.4 Å². The number of aromatic nitrogens is 4. The Morgan fingerprint density at radius 2 is 1.92 bits per heavy atom. The number of hydrogen-bond acceptors (Lipinski definition) is 3. The highest BCUT2D eigenvalue weighted by Crippen LogP contribution is 2.23. The van der Waals surface area contributed by atoms with Gasteiger partial charge in [0.05, 0.1) is 5.02 Å². The van der Waals surface area contributed by atoms with Crippen molar-refractivity contribution >= 4 is 22.6 Å². The smallest absolute Gasteiger partial charge is 0.216 e. The lowest BCUT2D eigenvalue weighted by atomic mass is 10.0. The predicted molar refractivity (Wildman–Crippen MR) is 99.9 cm³/mol. The minimum Gasteiger partial charge on any atom is -0.346 e. The zero-order valence-corrected chi connectivity index (χ0v) is 14.9. The molecule has 0 fully saturated rings. The standard InChI is InChI=1S/C20H16ClFN4/c1-12-4-17-16(10-26-20(17)25-8-12)7-15-6-13(9-24-19(15)22)5-14-2-3-23-11-18(14)21/h2-4,6,8-11H,5,7H2,1H3,(H,25,26). The molecule has 0 saturated carbocycles. The van der Waals surface area contributed by atoms with Gasteiger partial charge in [-0.1, -0.05) is 11.6 Å². The summed E-state index contributed by atoms with van der Waals surface area (Å²) in [5.41, 5.74) is 5.26. The van der Waals surface area contributed by atoms with Gasteiger partial charge in [-0.25, -0.2) is 9.97 Å².